The van der Waals surface area contributed by atoms with E-state index in [2.05, 4.69) is 219 Å². The molecule has 0 nitrogen and oxygen atoms in total. The molecule has 2 unspecified atom stereocenters. The zero-order valence-electron chi connectivity index (χ0n) is 80.8. The highest BCUT2D eigenvalue weighted by Gasteiger charge is 2.56. The van der Waals surface area contributed by atoms with E-state index in [9.17, 15) is 0 Å². The lowest BCUT2D eigenvalue weighted by Crippen LogP contribution is -2.51. The highest BCUT2D eigenvalue weighted by Crippen LogP contribution is 2.66. The maximum absolute atomic E-state index is 9.00. The molecule has 0 heteroatoms. The molecule has 99 heavy (non-hydrogen) atoms. The minimum absolute atomic E-state index is 0.0703. The van der Waals surface area contributed by atoms with E-state index in [0.717, 1.165) is 89.8 Å². The summed E-state index contributed by atoms with van der Waals surface area (Å²) < 4.78 is 55.9. The standard InChI is InChI=1S/C18H30.3C14H24.C11H16.2C11H24.C6H14/c1-16(2,3)13-11-10-12-14(17(4,5)6)15(13)18(7,8)9;1-13(2,3)14-7-10-4-11(8-14)6-12(5-10)9-14;2*1-14(2,3)13-11-5-9-4-10(7-11)8-12(13)6-9;1-9-7-5-6-8-10(9)11(2,3)4;2*1-6-8-10(7-2)9-11(3,4)5;1-5-6(2,3)4/h10-12H,1-9H3;10-12H,4-9H2,1-3H3;2*9-13H,4-8H2,1-3H3;5-8H,1-4H3;2*10H,6-9H2,1-5H3;5H2,1-4H3/i;;13D;;5D,6D,7D,8D;9D2;;. The second-order valence-corrected chi connectivity index (χ2v) is 46.0. The quantitative estimate of drug-likeness (QED) is 0.247. The van der Waals surface area contributed by atoms with Crippen molar-refractivity contribution in [1.82, 2.24) is 0 Å². The Hall–Kier alpha value is -1.56. The van der Waals surface area contributed by atoms with Gasteiger partial charge in [-0.2, -0.15) is 0 Å². The summed E-state index contributed by atoms with van der Waals surface area (Å²) in [6.07, 6.45) is 33.0. The fourth-order valence-electron chi connectivity index (χ4n) is 22.1. The smallest absolute Gasteiger partial charge is 0.0626 e. The van der Waals surface area contributed by atoms with E-state index in [1.807, 2.05) is 41.5 Å². The molecule has 0 radical (unpaired) electrons. The highest BCUT2D eigenvalue weighted by atomic mass is 14.6. The molecule has 576 valence electrons. The van der Waals surface area contributed by atoms with Gasteiger partial charge in [0.1, 0.15) is 0 Å². The first-order chi connectivity index (χ1) is 47.8. The first-order valence-corrected chi connectivity index (χ1v) is 42.5. The molecule has 12 fully saturated rings. The van der Waals surface area contributed by atoms with Crippen LogP contribution in [0.3, 0.4) is 0 Å². The lowest BCUT2D eigenvalue weighted by Gasteiger charge is -2.62. The van der Waals surface area contributed by atoms with Crippen molar-refractivity contribution in [3.05, 3.63) is 70.2 Å². The monoisotopic (exact) mass is 1380 g/mol. The summed E-state index contributed by atoms with van der Waals surface area (Å²) >= 11 is 0. The predicted molar refractivity (Wildman–Crippen MR) is 448 cm³/mol. The Labute approximate surface area is 634 Å². The van der Waals surface area contributed by atoms with E-state index >= 15 is 0 Å². The molecule has 14 rings (SSSR count). The van der Waals surface area contributed by atoms with Crippen LogP contribution in [0.25, 0.3) is 0 Å². The van der Waals surface area contributed by atoms with Crippen LogP contribution in [0.15, 0.2) is 42.4 Å². The molecule has 2 aromatic rings. The van der Waals surface area contributed by atoms with Crippen LogP contribution in [0, 0.1) is 134 Å². The Kier molecular flexibility index (Phi) is 28.5. The lowest BCUT2D eigenvalue weighted by atomic mass is 9.43. The van der Waals surface area contributed by atoms with E-state index in [-0.39, 0.29) is 68.5 Å². The third-order valence-corrected chi connectivity index (χ3v) is 25.8. The number of rotatable bonds is 8. The molecule has 0 aliphatic heterocycles. The van der Waals surface area contributed by atoms with Gasteiger partial charge in [-0.1, -0.05) is 330 Å². The van der Waals surface area contributed by atoms with Gasteiger partial charge < -0.3 is 0 Å². The molecule has 12 bridgehead atoms. The SMILES string of the molecule is CC(C)(C)C12CC3CC(CC(C3)C1)C2.CC(C)(C)C1C2CC3CC(C2)CC1C3.CC(C)(C)c1cccc(C(C)(C)C)c1C(C)(C)C.CCC(C)(C)C.CCCC(CC)CC(C)(C)C.[2H]C([2H])(C(CC)CCC)C(C)(C)C.[2H]C1(C(C)(C)C)C2CC3CC(C2)CC1C3.[2H]c1c([2H])c([2H])c(C(C)(C)C)c(C)c1[2H]. The molecule has 0 aromatic heterocycles. The van der Waals surface area contributed by atoms with Gasteiger partial charge in [-0.25, -0.2) is 0 Å². The Balaban J connectivity index is 0.000000259. The molecule has 12 saturated carbocycles. The molecule has 0 heterocycles. The van der Waals surface area contributed by atoms with Crippen molar-refractivity contribution in [3.8, 4) is 0 Å². The first kappa shape index (κ1) is 78.5. The van der Waals surface area contributed by atoms with Crippen LogP contribution in [-0.2, 0) is 21.7 Å². The zero-order chi connectivity index (χ0) is 81.9. The lowest BCUT2D eigenvalue weighted by molar-refractivity contribution is -0.113. The van der Waals surface area contributed by atoms with Crippen molar-refractivity contribution in [2.24, 2.45) is 127 Å². The molecule has 12 aliphatic carbocycles. The van der Waals surface area contributed by atoms with Crippen LogP contribution in [0.2, 0.25) is 0 Å². The van der Waals surface area contributed by atoms with Crippen molar-refractivity contribution in [1.29, 1.82) is 0 Å². The summed E-state index contributed by atoms with van der Waals surface area (Å²) in [7, 11) is 0. The second kappa shape index (κ2) is 35.9. The molecule has 0 spiro atoms. The van der Waals surface area contributed by atoms with Crippen molar-refractivity contribution in [2.75, 3.05) is 0 Å². The second-order valence-electron chi connectivity index (χ2n) is 46.0. The van der Waals surface area contributed by atoms with Gasteiger partial charge in [-0.3, -0.25) is 0 Å². The molecular formula is C99H180. The molecule has 2 aromatic carbocycles. The van der Waals surface area contributed by atoms with Gasteiger partial charge in [0.2, 0.25) is 0 Å². The topological polar surface area (TPSA) is 0 Å². The Morgan fingerprint density at radius 3 is 1.04 bits per heavy atom. The largest absolute Gasteiger partial charge is 0.0654 e. The van der Waals surface area contributed by atoms with Crippen molar-refractivity contribution in [2.45, 2.75) is 431 Å². The van der Waals surface area contributed by atoms with Crippen LogP contribution in [0.5, 0.6) is 0 Å². The van der Waals surface area contributed by atoms with Crippen molar-refractivity contribution in [3.63, 3.8) is 0 Å². The fraction of sp³-hybridized carbons (Fsp3) is 0.879. The van der Waals surface area contributed by atoms with Crippen molar-refractivity contribution < 1.29 is 9.60 Å². The number of hydrogen-bond donors (Lipinski definition) is 0. The summed E-state index contributed by atoms with van der Waals surface area (Å²) in [4.78, 5) is 0. The average Bonchev–Trinajstić information content (AvgIpc) is 0.726. The third-order valence-electron chi connectivity index (χ3n) is 25.8. The summed E-state index contributed by atoms with van der Waals surface area (Å²) in [6, 6.07) is 6.69. The minimum atomic E-state index is -1.04. The maximum Gasteiger partial charge on any atom is 0.0626 e. The van der Waals surface area contributed by atoms with Gasteiger partial charge in [-0.15, -0.1) is 0 Å². The molecule has 0 N–H and O–H groups in total. The van der Waals surface area contributed by atoms with Crippen LogP contribution >= 0.6 is 0 Å². The van der Waals surface area contributed by atoms with Crippen LogP contribution in [0.4, 0.5) is 0 Å². The number of benzene rings is 2. The van der Waals surface area contributed by atoms with Gasteiger partial charge in [0.05, 0.1) is 5.48 Å². The van der Waals surface area contributed by atoms with Gasteiger partial charge >= 0.3 is 0 Å². The van der Waals surface area contributed by atoms with E-state index < -0.39 is 6.37 Å². The fourth-order valence-corrected chi connectivity index (χ4v) is 22.1. The van der Waals surface area contributed by atoms with Gasteiger partial charge in [0.25, 0.3) is 0 Å². The summed E-state index contributed by atoms with van der Waals surface area (Å²) in [5.41, 5.74) is 9.04. The van der Waals surface area contributed by atoms with Crippen LogP contribution in [0.1, 0.15) is 440 Å². The van der Waals surface area contributed by atoms with Crippen LogP contribution in [-0.4, -0.2) is 0 Å². The Morgan fingerprint density at radius 1 is 0.414 bits per heavy atom. The number of hydrogen-bond acceptors (Lipinski definition) is 0. The van der Waals surface area contributed by atoms with Crippen LogP contribution < -0.4 is 0 Å². The van der Waals surface area contributed by atoms with E-state index in [1.54, 1.807) is 77.6 Å². The van der Waals surface area contributed by atoms with Crippen molar-refractivity contribution >= 4 is 0 Å². The van der Waals surface area contributed by atoms with E-state index in [4.69, 9.17) is 9.60 Å². The van der Waals surface area contributed by atoms with Gasteiger partial charge in [-0.05, 0) is 299 Å². The minimum Gasteiger partial charge on any atom is -0.0654 e. The van der Waals surface area contributed by atoms with E-state index in [1.165, 1.54) is 80.9 Å². The summed E-state index contributed by atoms with van der Waals surface area (Å²) in [5.74, 6) is 13.3. The molecule has 12 aliphatic rings. The normalized spacial score (nSPS) is 31.5. The summed E-state index contributed by atoms with van der Waals surface area (Å²) in [6.45, 7) is 80.9. The average molecular weight is 1380 g/mol. The van der Waals surface area contributed by atoms with E-state index in [0.29, 0.717) is 44.6 Å². The molecule has 0 saturated heterocycles. The molecular weight excluding hydrogens is 1190 g/mol. The Bertz CT molecular complexity index is 2840. The van der Waals surface area contributed by atoms with Gasteiger partial charge in [0.15, 0.2) is 0 Å². The predicted octanol–water partition coefficient (Wildman–Crippen LogP) is 32.3. The zero-order valence-corrected chi connectivity index (χ0v) is 73.8. The molecule has 0 amide bonds. The first-order valence-electron chi connectivity index (χ1n) is 46.0. The summed E-state index contributed by atoms with van der Waals surface area (Å²) in [5, 5.41) is 0. The Morgan fingerprint density at radius 2 is 0.758 bits per heavy atom. The maximum atomic E-state index is 9.00. The van der Waals surface area contributed by atoms with Gasteiger partial charge in [0, 0.05) is 4.11 Å². The third kappa shape index (κ3) is 28.3. The molecule has 2 atom stereocenters. The highest BCUT2D eigenvalue weighted by molar-refractivity contribution is 5.46.